The molecule has 5 nitrogen and oxygen atoms in total. The second-order valence-electron chi connectivity index (χ2n) is 3.92. The molecule has 0 aromatic heterocycles. The van der Waals surface area contributed by atoms with Crippen molar-refractivity contribution >= 4 is 24.0 Å². The fourth-order valence-electron chi connectivity index (χ4n) is 1.44. The Morgan fingerprint density at radius 1 is 1.40 bits per heavy atom. The van der Waals surface area contributed by atoms with Crippen LogP contribution in [0.25, 0.3) is 0 Å². The van der Waals surface area contributed by atoms with Crippen LogP contribution in [-0.4, -0.2) is 32.8 Å². The molecule has 1 aromatic rings. The lowest BCUT2D eigenvalue weighted by molar-refractivity contribution is -0.116. The Morgan fingerprint density at radius 3 is 2.80 bits per heavy atom. The van der Waals surface area contributed by atoms with Crippen LogP contribution in [0.15, 0.2) is 18.2 Å². The standard InChI is InChI=1S/C13H19FN2O3.ClH/c1-18-7-8-19-12-5-4-10(14)9-11(12)16-13(17)3-2-6-15;/h4-5,9H,2-3,6-8,15H2,1H3,(H,16,17);1H. The van der Waals surface area contributed by atoms with E-state index in [0.717, 1.165) is 0 Å². The van der Waals surface area contributed by atoms with Crippen molar-refractivity contribution in [1.82, 2.24) is 0 Å². The first-order chi connectivity index (χ1) is 9.17. The molecule has 3 N–H and O–H groups in total. The summed E-state index contributed by atoms with van der Waals surface area (Å²) in [6.45, 7) is 1.18. The zero-order valence-electron chi connectivity index (χ0n) is 11.4. The van der Waals surface area contributed by atoms with Gasteiger partial charge in [0.25, 0.3) is 0 Å². The SMILES string of the molecule is COCCOc1ccc(F)cc1NC(=O)CCCN.Cl. The topological polar surface area (TPSA) is 73.6 Å². The Hall–Kier alpha value is -1.37. The number of hydrogen-bond acceptors (Lipinski definition) is 4. The Bertz CT molecular complexity index is 419. The average molecular weight is 307 g/mol. The fourth-order valence-corrected chi connectivity index (χ4v) is 1.44. The molecule has 0 aliphatic rings. The fraction of sp³-hybridized carbons (Fsp3) is 0.462. The normalized spacial score (nSPS) is 9.75. The predicted octanol–water partition coefficient (Wildman–Crippen LogP) is 1.95. The van der Waals surface area contributed by atoms with Crippen molar-refractivity contribution < 1.29 is 18.7 Å². The summed E-state index contributed by atoms with van der Waals surface area (Å²) in [7, 11) is 1.56. The lowest BCUT2D eigenvalue weighted by atomic mass is 10.2. The highest BCUT2D eigenvalue weighted by atomic mass is 35.5. The molecule has 1 aromatic carbocycles. The number of anilines is 1. The first-order valence-electron chi connectivity index (χ1n) is 6.08. The van der Waals surface area contributed by atoms with E-state index in [9.17, 15) is 9.18 Å². The van der Waals surface area contributed by atoms with Crippen LogP contribution in [0.2, 0.25) is 0 Å². The molecule has 20 heavy (non-hydrogen) atoms. The van der Waals surface area contributed by atoms with Gasteiger partial charge in [-0.1, -0.05) is 0 Å². The van der Waals surface area contributed by atoms with Gasteiger partial charge in [-0.2, -0.15) is 0 Å². The molecule has 0 spiro atoms. The van der Waals surface area contributed by atoms with Crippen LogP contribution in [0.5, 0.6) is 5.75 Å². The maximum absolute atomic E-state index is 13.2. The van der Waals surface area contributed by atoms with Crippen molar-refractivity contribution in [3.8, 4) is 5.75 Å². The average Bonchev–Trinajstić information content (AvgIpc) is 2.39. The highest BCUT2D eigenvalue weighted by Crippen LogP contribution is 2.25. The monoisotopic (exact) mass is 306 g/mol. The summed E-state index contributed by atoms with van der Waals surface area (Å²) in [5, 5.41) is 2.61. The second kappa shape index (κ2) is 10.4. The number of methoxy groups -OCH3 is 1. The van der Waals surface area contributed by atoms with Gasteiger partial charge in [-0.25, -0.2) is 4.39 Å². The molecule has 0 unspecified atom stereocenters. The second-order valence-corrected chi connectivity index (χ2v) is 3.92. The van der Waals surface area contributed by atoms with Crippen molar-refractivity contribution in [2.45, 2.75) is 12.8 Å². The van der Waals surface area contributed by atoms with Gasteiger partial charge in [0.2, 0.25) is 5.91 Å². The highest BCUT2D eigenvalue weighted by molar-refractivity contribution is 5.92. The smallest absolute Gasteiger partial charge is 0.224 e. The molecule has 0 aliphatic heterocycles. The highest BCUT2D eigenvalue weighted by Gasteiger charge is 2.09. The molecule has 114 valence electrons. The van der Waals surface area contributed by atoms with Crippen LogP contribution in [-0.2, 0) is 9.53 Å². The Kier molecular flexibility index (Phi) is 9.71. The van der Waals surface area contributed by atoms with Crippen molar-refractivity contribution in [1.29, 1.82) is 0 Å². The minimum Gasteiger partial charge on any atom is -0.489 e. The minimum absolute atomic E-state index is 0. The lowest BCUT2D eigenvalue weighted by Crippen LogP contribution is -2.15. The van der Waals surface area contributed by atoms with E-state index in [1.165, 1.54) is 18.2 Å². The third-order valence-corrected chi connectivity index (χ3v) is 2.37. The van der Waals surface area contributed by atoms with Gasteiger partial charge in [-0.3, -0.25) is 4.79 Å². The molecule has 0 atom stereocenters. The molecular weight excluding hydrogens is 287 g/mol. The molecule has 0 saturated heterocycles. The summed E-state index contributed by atoms with van der Waals surface area (Å²) in [5.41, 5.74) is 5.64. The third-order valence-electron chi connectivity index (χ3n) is 2.37. The Labute approximate surface area is 124 Å². The van der Waals surface area contributed by atoms with Gasteiger partial charge in [0, 0.05) is 19.6 Å². The van der Waals surface area contributed by atoms with Crippen molar-refractivity contribution in [2.24, 2.45) is 5.73 Å². The van der Waals surface area contributed by atoms with Crippen LogP contribution in [0.3, 0.4) is 0 Å². The Balaban J connectivity index is 0.00000361. The predicted molar refractivity (Wildman–Crippen MR) is 77.9 cm³/mol. The van der Waals surface area contributed by atoms with E-state index < -0.39 is 5.82 Å². The number of ether oxygens (including phenoxy) is 2. The van der Waals surface area contributed by atoms with Crippen LogP contribution >= 0.6 is 12.4 Å². The number of rotatable bonds is 8. The van der Waals surface area contributed by atoms with Gasteiger partial charge in [0.05, 0.1) is 12.3 Å². The van der Waals surface area contributed by atoms with E-state index in [1.807, 2.05) is 0 Å². The zero-order chi connectivity index (χ0) is 14.1. The number of amides is 1. The summed E-state index contributed by atoms with van der Waals surface area (Å²) in [6.07, 6.45) is 0.880. The van der Waals surface area contributed by atoms with Gasteiger partial charge in [-0.05, 0) is 25.1 Å². The van der Waals surface area contributed by atoms with Crippen LogP contribution in [0.1, 0.15) is 12.8 Å². The minimum atomic E-state index is -0.437. The van der Waals surface area contributed by atoms with Gasteiger partial charge in [0.15, 0.2) is 0 Å². The summed E-state index contributed by atoms with van der Waals surface area (Å²) in [5.74, 6) is -0.236. The first kappa shape index (κ1) is 18.6. The van der Waals surface area contributed by atoms with E-state index in [0.29, 0.717) is 44.0 Å². The van der Waals surface area contributed by atoms with E-state index in [4.69, 9.17) is 15.2 Å². The van der Waals surface area contributed by atoms with Crippen molar-refractivity contribution in [3.05, 3.63) is 24.0 Å². The molecule has 0 aliphatic carbocycles. The summed E-state index contributed by atoms with van der Waals surface area (Å²) in [6, 6.07) is 3.98. The molecule has 0 heterocycles. The Morgan fingerprint density at radius 2 is 2.15 bits per heavy atom. The number of nitrogens with two attached hydrogens (primary N) is 1. The van der Waals surface area contributed by atoms with Crippen molar-refractivity contribution in [3.63, 3.8) is 0 Å². The molecule has 0 fully saturated rings. The quantitative estimate of drug-likeness (QED) is 0.720. The molecule has 7 heteroatoms. The summed E-state index contributed by atoms with van der Waals surface area (Å²) >= 11 is 0. The molecule has 0 radical (unpaired) electrons. The van der Waals surface area contributed by atoms with Gasteiger partial charge < -0.3 is 20.5 Å². The summed E-state index contributed by atoms with van der Waals surface area (Å²) < 4.78 is 23.5. The maximum atomic E-state index is 13.2. The van der Waals surface area contributed by atoms with E-state index in [1.54, 1.807) is 7.11 Å². The molecule has 1 rings (SSSR count). The number of carbonyl (C=O) groups is 1. The van der Waals surface area contributed by atoms with Crippen LogP contribution in [0, 0.1) is 5.82 Å². The lowest BCUT2D eigenvalue weighted by Gasteiger charge is -2.12. The number of halogens is 2. The number of hydrogen-bond donors (Lipinski definition) is 2. The van der Waals surface area contributed by atoms with Gasteiger partial charge in [0.1, 0.15) is 18.2 Å². The maximum Gasteiger partial charge on any atom is 0.224 e. The number of benzene rings is 1. The summed E-state index contributed by atoms with van der Waals surface area (Å²) in [4.78, 5) is 11.6. The van der Waals surface area contributed by atoms with Gasteiger partial charge in [-0.15, -0.1) is 12.4 Å². The third kappa shape index (κ3) is 6.70. The zero-order valence-corrected chi connectivity index (χ0v) is 12.2. The van der Waals surface area contributed by atoms with Crippen LogP contribution in [0.4, 0.5) is 10.1 Å². The molecule has 0 bridgehead atoms. The number of nitrogens with one attached hydrogen (secondary N) is 1. The van der Waals surface area contributed by atoms with E-state index >= 15 is 0 Å². The molecule has 0 saturated carbocycles. The van der Waals surface area contributed by atoms with Crippen LogP contribution < -0.4 is 15.8 Å². The largest absolute Gasteiger partial charge is 0.489 e. The molecular formula is C13H20ClFN2O3. The van der Waals surface area contributed by atoms with E-state index in [2.05, 4.69) is 5.32 Å². The van der Waals surface area contributed by atoms with E-state index in [-0.39, 0.29) is 18.3 Å². The molecule has 1 amide bonds. The van der Waals surface area contributed by atoms with Crippen molar-refractivity contribution in [2.75, 3.05) is 32.2 Å². The number of carbonyl (C=O) groups excluding carboxylic acids is 1. The van der Waals surface area contributed by atoms with Gasteiger partial charge >= 0.3 is 0 Å². The first-order valence-corrected chi connectivity index (χ1v) is 6.08.